The van der Waals surface area contributed by atoms with E-state index in [9.17, 15) is 24.0 Å². The number of Topliss-reactive ketones (excluding diaryl/α,β-unsaturated/α-hetero) is 1. The summed E-state index contributed by atoms with van der Waals surface area (Å²) < 4.78 is 0. The Balaban J connectivity index is 1.83. The Morgan fingerprint density at radius 1 is 1.11 bits per heavy atom. The van der Waals surface area contributed by atoms with Crippen LogP contribution in [0.25, 0.3) is 0 Å². The second-order valence-electron chi connectivity index (χ2n) is 12.4. The lowest BCUT2D eigenvalue weighted by Crippen LogP contribution is -2.61. The number of allylic oxidation sites excluding steroid dienone is 1. The predicted molar refractivity (Wildman–Crippen MR) is 134 cm³/mol. The molecule has 0 bridgehead atoms. The monoisotopic (exact) mass is 503 g/mol. The van der Waals surface area contributed by atoms with E-state index in [4.69, 9.17) is 5.73 Å². The van der Waals surface area contributed by atoms with E-state index in [0.717, 1.165) is 19.3 Å². The molecule has 0 unspecified atom stereocenters. The Kier molecular flexibility index (Phi) is 7.58. The average Bonchev–Trinajstić information content (AvgIpc) is 3.06. The Morgan fingerprint density at radius 2 is 1.72 bits per heavy atom. The van der Waals surface area contributed by atoms with Gasteiger partial charge < -0.3 is 26.6 Å². The number of likely N-dealkylation sites (tertiary alicyclic amines) is 1. The molecule has 1 heterocycles. The molecule has 2 saturated carbocycles. The number of nitrogens with zero attached hydrogens (tertiary/aromatic N) is 1. The lowest BCUT2D eigenvalue weighted by molar-refractivity contribution is -0.145. The number of nitrogens with one attached hydrogen (secondary N) is 3. The van der Waals surface area contributed by atoms with Gasteiger partial charge in [-0.15, -0.1) is 0 Å². The van der Waals surface area contributed by atoms with Crippen molar-refractivity contribution in [2.75, 3.05) is 6.54 Å². The van der Waals surface area contributed by atoms with Gasteiger partial charge in [-0.05, 0) is 41.9 Å². The molecular formula is C26H41N5O5. The third kappa shape index (κ3) is 5.57. The summed E-state index contributed by atoms with van der Waals surface area (Å²) in [5.74, 6) is -2.42. The fourth-order valence-electron chi connectivity index (χ4n) is 5.71. The van der Waals surface area contributed by atoms with E-state index in [-0.39, 0.29) is 29.1 Å². The van der Waals surface area contributed by atoms with Gasteiger partial charge in [0.1, 0.15) is 12.1 Å². The minimum atomic E-state index is -1.08. The van der Waals surface area contributed by atoms with E-state index in [1.54, 1.807) is 6.92 Å². The molecule has 0 aromatic rings. The number of nitrogens with two attached hydrogens (primary N) is 1. The highest BCUT2D eigenvalue weighted by molar-refractivity contribution is 6.37. The average molecular weight is 504 g/mol. The number of primary amides is 1. The van der Waals surface area contributed by atoms with E-state index in [0.29, 0.717) is 18.7 Å². The van der Waals surface area contributed by atoms with Crippen LogP contribution in [0.5, 0.6) is 0 Å². The maximum absolute atomic E-state index is 13.8. The van der Waals surface area contributed by atoms with Crippen molar-refractivity contribution in [2.24, 2.45) is 34.3 Å². The van der Waals surface area contributed by atoms with Gasteiger partial charge in [-0.25, -0.2) is 4.79 Å². The van der Waals surface area contributed by atoms with E-state index in [1.807, 2.05) is 20.8 Å². The number of rotatable bonds is 9. The number of hydrogen-bond donors (Lipinski definition) is 4. The first kappa shape index (κ1) is 27.7. The number of carbonyl (C=O) groups excluding carboxylic acids is 5. The highest BCUT2D eigenvalue weighted by Crippen LogP contribution is 2.65. The van der Waals surface area contributed by atoms with Crippen molar-refractivity contribution in [3.8, 4) is 0 Å². The van der Waals surface area contributed by atoms with E-state index >= 15 is 0 Å². The van der Waals surface area contributed by atoms with Crippen molar-refractivity contribution in [1.82, 2.24) is 20.9 Å². The maximum atomic E-state index is 13.8. The summed E-state index contributed by atoms with van der Waals surface area (Å²) in [5.41, 5.74) is 4.92. The SMILES string of the molecule is C=C(C)NC(=O)N[C@H](C(=O)N1C[C@H]2[C@@H]([C@H]1C(=O)N[C@H](CC1CCC1)C(=O)C(N)=O)C2(C)C)C(C)(C)C. The Labute approximate surface area is 213 Å². The van der Waals surface area contributed by atoms with Crippen molar-refractivity contribution in [1.29, 1.82) is 0 Å². The number of piperidine rings is 1. The van der Waals surface area contributed by atoms with Gasteiger partial charge in [-0.1, -0.05) is 60.5 Å². The molecular weight excluding hydrogens is 462 g/mol. The third-order valence-corrected chi connectivity index (χ3v) is 8.15. The van der Waals surface area contributed by atoms with Gasteiger partial charge in [-0.2, -0.15) is 0 Å². The first-order valence-corrected chi connectivity index (χ1v) is 12.7. The van der Waals surface area contributed by atoms with Crippen LogP contribution >= 0.6 is 0 Å². The molecule has 5 amide bonds. The van der Waals surface area contributed by atoms with Crippen LogP contribution in [0.4, 0.5) is 4.79 Å². The second kappa shape index (κ2) is 9.86. The van der Waals surface area contributed by atoms with Crippen molar-refractivity contribution in [3.63, 3.8) is 0 Å². The number of ketones is 1. The molecule has 0 radical (unpaired) electrons. The molecule has 0 spiro atoms. The van der Waals surface area contributed by atoms with E-state index in [1.165, 1.54) is 4.90 Å². The summed E-state index contributed by atoms with van der Waals surface area (Å²) in [6, 6.07) is -3.26. The molecule has 5 atom stereocenters. The van der Waals surface area contributed by atoms with Gasteiger partial charge in [0.25, 0.3) is 5.91 Å². The van der Waals surface area contributed by atoms with Crippen LogP contribution < -0.4 is 21.7 Å². The fraction of sp³-hybridized carbons (Fsp3) is 0.731. The van der Waals surface area contributed by atoms with Gasteiger partial charge in [-0.3, -0.25) is 19.2 Å². The van der Waals surface area contributed by atoms with Gasteiger partial charge in [0, 0.05) is 12.2 Å². The fourth-order valence-corrected chi connectivity index (χ4v) is 5.71. The molecule has 3 rings (SSSR count). The number of hydrogen-bond acceptors (Lipinski definition) is 5. The lowest BCUT2D eigenvalue weighted by atomic mass is 9.80. The second-order valence-corrected chi connectivity index (χ2v) is 12.4. The van der Waals surface area contributed by atoms with Gasteiger partial charge in [0.05, 0.1) is 6.04 Å². The highest BCUT2D eigenvalue weighted by atomic mass is 16.2. The molecule has 1 aliphatic heterocycles. The van der Waals surface area contributed by atoms with Crippen LogP contribution in [-0.4, -0.2) is 59.1 Å². The van der Waals surface area contributed by atoms with Crippen molar-refractivity contribution >= 4 is 29.5 Å². The molecule has 2 aliphatic carbocycles. The number of fused-ring (bicyclic) bond motifs is 1. The van der Waals surface area contributed by atoms with Crippen molar-refractivity contribution < 1.29 is 24.0 Å². The molecule has 0 aromatic heterocycles. The first-order valence-electron chi connectivity index (χ1n) is 12.7. The molecule has 3 aliphatic rings. The van der Waals surface area contributed by atoms with Gasteiger partial charge >= 0.3 is 6.03 Å². The number of carbonyl (C=O) groups is 5. The van der Waals surface area contributed by atoms with Crippen molar-refractivity contribution in [2.45, 2.75) is 85.4 Å². The summed E-state index contributed by atoms with van der Waals surface area (Å²) in [4.78, 5) is 65.6. The minimum Gasteiger partial charge on any atom is -0.363 e. The van der Waals surface area contributed by atoms with E-state index in [2.05, 4.69) is 36.4 Å². The number of amides is 5. The lowest BCUT2D eigenvalue weighted by Gasteiger charge is -2.38. The zero-order valence-corrected chi connectivity index (χ0v) is 22.3. The summed E-state index contributed by atoms with van der Waals surface area (Å²) in [6.07, 6.45) is 3.29. The number of urea groups is 1. The molecule has 1 saturated heterocycles. The molecule has 10 nitrogen and oxygen atoms in total. The molecule has 5 N–H and O–H groups in total. The summed E-state index contributed by atoms with van der Waals surface area (Å²) in [5, 5.41) is 8.07. The van der Waals surface area contributed by atoms with Crippen LogP contribution in [0.3, 0.4) is 0 Å². The third-order valence-electron chi connectivity index (χ3n) is 8.15. The summed E-state index contributed by atoms with van der Waals surface area (Å²) >= 11 is 0. The summed E-state index contributed by atoms with van der Waals surface area (Å²) in [6.45, 7) is 15.3. The van der Waals surface area contributed by atoms with Crippen LogP contribution in [0.1, 0.15) is 67.2 Å². The van der Waals surface area contributed by atoms with Crippen LogP contribution in [0.2, 0.25) is 0 Å². The normalized spacial score (nSPS) is 26.1. The van der Waals surface area contributed by atoms with E-state index < -0.39 is 47.2 Å². The standard InChI is InChI=1S/C26H41N5O5/c1-13(2)28-24(36)30-20(25(3,4)5)23(35)31-12-15-17(26(15,6)7)18(31)22(34)29-16(19(32)21(27)33)11-14-9-8-10-14/h14-18,20H,1,8-12H2,2-7H3,(H2,27,33)(H,29,34)(H2,28,30,36)/t15-,16+,17-,18-,20+/m0/s1. The van der Waals surface area contributed by atoms with Crippen LogP contribution in [-0.2, 0) is 19.2 Å². The van der Waals surface area contributed by atoms with Gasteiger partial charge in [0.15, 0.2) is 0 Å². The van der Waals surface area contributed by atoms with Gasteiger partial charge in [0.2, 0.25) is 17.6 Å². The zero-order valence-electron chi connectivity index (χ0n) is 22.3. The molecule has 10 heteroatoms. The topological polar surface area (TPSA) is 151 Å². The molecule has 0 aromatic carbocycles. The largest absolute Gasteiger partial charge is 0.363 e. The maximum Gasteiger partial charge on any atom is 0.319 e. The predicted octanol–water partition coefficient (Wildman–Crippen LogP) is 1.45. The minimum absolute atomic E-state index is 0.0839. The molecule has 3 fully saturated rings. The Morgan fingerprint density at radius 3 is 2.19 bits per heavy atom. The quantitative estimate of drug-likeness (QED) is 0.351. The van der Waals surface area contributed by atoms with Crippen molar-refractivity contribution in [3.05, 3.63) is 12.3 Å². The van der Waals surface area contributed by atoms with Crippen LogP contribution in [0, 0.1) is 28.6 Å². The smallest absolute Gasteiger partial charge is 0.319 e. The first-order chi connectivity index (χ1) is 16.6. The van der Waals surface area contributed by atoms with Crippen LogP contribution in [0.15, 0.2) is 12.3 Å². The highest BCUT2D eigenvalue weighted by Gasteiger charge is 2.69. The zero-order chi connectivity index (χ0) is 27.2. The molecule has 36 heavy (non-hydrogen) atoms. The Hall–Kier alpha value is -2.91. The summed E-state index contributed by atoms with van der Waals surface area (Å²) in [7, 11) is 0. The molecule has 200 valence electrons. The Bertz CT molecular complexity index is 964.